The van der Waals surface area contributed by atoms with Gasteiger partial charge in [0.1, 0.15) is 12.6 Å². The Balaban J connectivity index is 2.10. The first kappa shape index (κ1) is 31.4. The molecule has 0 spiro atoms. The fourth-order valence-electron chi connectivity index (χ4n) is 4.38. The zero-order valence-electron chi connectivity index (χ0n) is 23.9. The van der Waals surface area contributed by atoms with E-state index < -0.39 is 34.1 Å². The quantitative estimate of drug-likeness (QED) is 0.327. The van der Waals surface area contributed by atoms with E-state index in [1.807, 2.05) is 89.2 Å². The summed E-state index contributed by atoms with van der Waals surface area (Å²) in [5.41, 5.74) is 3.42. The number of aryl methyl sites for hydroxylation is 2. The molecule has 0 heterocycles. The number of carbonyl (C=O) groups excluding carboxylic acids is 2. The van der Waals surface area contributed by atoms with Crippen LogP contribution in [0.2, 0.25) is 0 Å². The van der Waals surface area contributed by atoms with Crippen molar-refractivity contribution in [3.8, 4) is 0 Å². The Morgan fingerprint density at radius 3 is 2.12 bits per heavy atom. The molecular formula is C31H38BrN3O4S. The maximum Gasteiger partial charge on any atom is 0.244 e. The van der Waals surface area contributed by atoms with Crippen molar-refractivity contribution in [2.75, 3.05) is 17.1 Å². The summed E-state index contributed by atoms with van der Waals surface area (Å²) in [5, 5.41) is 3.03. The minimum absolute atomic E-state index is 0.150. The summed E-state index contributed by atoms with van der Waals surface area (Å²) in [5.74, 6) is -0.775. The molecule has 40 heavy (non-hydrogen) atoms. The molecule has 0 radical (unpaired) electrons. The molecule has 0 aliphatic heterocycles. The van der Waals surface area contributed by atoms with Crippen LogP contribution in [0.1, 0.15) is 43.0 Å². The number of amides is 2. The molecule has 7 nitrogen and oxygen atoms in total. The third-order valence-electron chi connectivity index (χ3n) is 6.48. The highest BCUT2D eigenvalue weighted by Gasteiger charge is 2.34. The standard InChI is InChI=1S/C31H38BrN3O4S/c1-22-12-10-11-15-25(22)20-34(28(30(37)33-31(3,4)5)19-24-13-8-7-9-14-24)29(36)21-35(40(6,38)39)26-16-17-27(32)23(2)18-26/h7-18,28H,19-21H2,1-6H3,(H,33,37)/t28-/m1/s1. The number of anilines is 1. The van der Waals surface area contributed by atoms with Gasteiger partial charge in [-0.2, -0.15) is 0 Å². The molecule has 9 heteroatoms. The molecule has 0 fully saturated rings. The maximum absolute atomic E-state index is 14.2. The van der Waals surface area contributed by atoms with Crippen molar-refractivity contribution in [3.63, 3.8) is 0 Å². The summed E-state index contributed by atoms with van der Waals surface area (Å²) in [6.07, 6.45) is 1.35. The molecule has 1 N–H and O–H groups in total. The first-order valence-corrected chi connectivity index (χ1v) is 15.7. The Kier molecular flexibility index (Phi) is 10.2. The van der Waals surface area contributed by atoms with Crippen molar-refractivity contribution in [1.29, 1.82) is 0 Å². The van der Waals surface area contributed by atoms with Crippen molar-refractivity contribution in [2.24, 2.45) is 0 Å². The third kappa shape index (κ3) is 8.66. The molecule has 0 bridgehead atoms. The predicted octanol–water partition coefficient (Wildman–Crippen LogP) is 5.39. The van der Waals surface area contributed by atoms with E-state index in [-0.39, 0.29) is 18.9 Å². The summed E-state index contributed by atoms with van der Waals surface area (Å²) < 4.78 is 27.8. The Morgan fingerprint density at radius 1 is 0.925 bits per heavy atom. The van der Waals surface area contributed by atoms with Crippen LogP contribution in [0.15, 0.2) is 77.3 Å². The molecule has 0 aromatic heterocycles. The molecular weight excluding hydrogens is 590 g/mol. The van der Waals surface area contributed by atoms with E-state index in [2.05, 4.69) is 21.2 Å². The largest absolute Gasteiger partial charge is 0.350 e. The Hall–Kier alpha value is -3.17. The highest BCUT2D eigenvalue weighted by Crippen LogP contribution is 2.26. The molecule has 0 unspecified atom stereocenters. The van der Waals surface area contributed by atoms with E-state index >= 15 is 0 Å². The number of hydrogen-bond donors (Lipinski definition) is 1. The van der Waals surface area contributed by atoms with Gasteiger partial charge in [0.25, 0.3) is 0 Å². The third-order valence-corrected chi connectivity index (χ3v) is 8.51. The molecule has 0 saturated carbocycles. The van der Waals surface area contributed by atoms with Crippen LogP contribution >= 0.6 is 15.9 Å². The van der Waals surface area contributed by atoms with Gasteiger partial charge in [-0.25, -0.2) is 8.42 Å². The van der Waals surface area contributed by atoms with Gasteiger partial charge < -0.3 is 10.2 Å². The van der Waals surface area contributed by atoms with E-state index in [1.165, 1.54) is 4.90 Å². The molecule has 0 aliphatic rings. The van der Waals surface area contributed by atoms with Gasteiger partial charge in [0.2, 0.25) is 21.8 Å². The lowest BCUT2D eigenvalue weighted by atomic mass is 10.00. The number of sulfonamides is 1. The molecule has 0 saturated heterocycles. The zero-order chi connectivity index (χ0) is 29.7. The maximum atomic E-state index is 14.2. The van der Waals surface area contributed by atoms with Gasteiger partial charge >= 0.3 is 0 Å². The average Bonchev–Trinajstić information content (AvgIpc) is 2.86. The Bertz CT molecular complexity index is 1450. The SMILES string of the molecule is Cc1cc(N(CC(=O)N(Cc2ccccc2C)[C@H](Cc2ccccc2)C(=O)NC(C)(C)C)S(C)(=O)=O)ccc1Br. The molecule has 2 amide bonds. The number of rotatable bonds is 10. The number of nitrogens with one attached hydrogen (secondary N) is 1. The average molecular weight is 629 g/mol. The van der Waals surface area contributed by atoms with Crippen LogP contribution in [-0.4, -0.2) is 49.5 Å². The Morgan fingerprint density at radius 2 is 1.55 bits per heavy atom. The minimum atomic E-state index is -3.82. The van der Waals surface area contributed by atoms with Crippen LogP contribution in [0.25, 0.3) is 0 Å². The summed E-state index contributed by atoms with van der Waals surface area (Å²) >= 11 is 3.45. The highest BCUT2D eigenvalue weighted by atomic mass is 79.9. The van der Waals surface area contributed by atoms with Crippen LogP contribution in [-0.2, 0) is 32.6 Å². The number of carbonyl (C=O) groups is 2. The van der Waals surface area contributed by atoms with E-state index in [0.717, 1.165) is 37.3 Å². The van der Waals surface area contributed by atoms with Crippen molar-refractivity contribution in [1.82, 2.24) is 10.2 Å². The van der Waals surface area contributed by atoms with E-state index in [9.17, 15) is 18.0 Å². The van der Waals surface area contributed by atoms with Crippen molar-refractivity contribution in [3.05, 3.63) is 99.5 Å². The second-order valence-corrected chi connectivity index (χ2v) is 13.9. The first-order valence-electron chi connectivity index (χ1n) is 13.1. The highest BCUT2D eigenvalue weighted by molar-refractivity contribution is 9.10. The van der Waals surface area contributed by atoms with Crippen LogP contribution in [0, 0.1) is 13.8 Å². The van der Waals surface area contributed by atoms with Gasteiger partial charge in [-0.3, -0.25) is 13.9 Å². The van der Waals surface area contributed by atoms with Gasteiger partial charge in [-0.05, 0) is 75.1 Å². The molecule has 214 valence electrons. The zero-order valence-corrected chi connectivity index (χ0v) is 26.3. The van der Waals surface area contributed by atoms with Gasteiger partial charge in [-0.1, -0.05) is 70.5 Å². The smallest absolute Gasteiger partial charge is 0.244 e. The van der Waals surface area contributed by atoms with Gasteiger partial charge in [-0.15, -0.1) is 0 Å². The molecule has 3 rings (SSSR count). The number of benzene rings is 3. The van der Waals surface area contributed by atoms with Crippen LogP contribution in [0.3, 0.4) is 0 Å². The van der Waals surface area contributed by atoms with Gasteiger partial charge in [0.15, 0.2) is 0 Å². The van der Waals surface area contributed by atoms with Crippen molar-refractivity contribution in [2.45, 2.75) is 59.2 Å². The number of nitrogens with zero attached hydrogens (tertiary/aromatic N) is 2. The summed E-state index contributed by atoms with van der Waals surface area (Å²) in [4.78, 5) is 29.5. The minimum Gasteiger partial charge on any atom is -0.350 e. The number of hydrogen-bond acceptors (Lipinski definition) is 4. The Labute approximate surface area is 246 Å². The molecule has 0 aliphatic carbocycles. The van der Waals surface area contributed by atoms with E-state index in [4.69, 9.17) is 0 Å². The summed E-state index contributed by atoms with van der Waals surface area (Å²) in [6, 6.07) is 21.5. The molecule has 3 aromatic carbocycles. The lowest BCUT2D eigenvalue weighted by molar-refractivity contribution is -0.140. The molecule has 1 atom stereocenters. The predicted molar refractivity (Wildman–Crippen MR) is 165 cm³/mol. The second kappa shape index (κ2) is 13.0. The summed E-state index contributed by atoms with van der Waals surface area (Å²) in [6.45, 7) is 9.18. The number of halogens is 1. The fraction of sp³-hybridized carbons (Fsp3) is 0.355. The van der Waals surface area contributed by atoms with Crippen molar-refractivity contribution >= 4 is 43.5 Å². The summed E-state index contributed by atoms with van der Waals surface area (Å²) in [7, 11) is -3.82. The van der Waals surface area contributed by atoms with E-state index in [1.54, 1.807) is 18.2 Å². The molecule has 3 aromatic rings. The monoisotopic (exact) mass is 627 g/mol. The van der Waals surface area contributed by atoms with Crippen LogP contribution in [0.4, 0.5) is 5.69 Å². The normalized spacial score (nSPS) is 12.5. The van der Waals surface area contributed by atoms with Crippen LogP contribution in [0.5, 0.6) is 0 Å². The lowest BCUT2D eigenvalue weighted by Gasteiger charge is -2.35. The lowest BCUT2D eigenvalue weighted by Crippen LogP contribution is -2.56. The van der Waals surface area contributed by atoms with Gasteiger partial charge in [0, 0.05) is 23.0 Å². The van der Waals surface area contributed by atoms with Gasteiger partial charge in [0.05, 0.1) is 11.9 Å². The second-order valence-electron chi connectivity index (χ2n) is 11.1. The van der Waals surface area contributed by atoms with Crippen LogP contribution < -0.4 is 9.62 Å². The topological polar surface area (TPSA) is 86.8 Å². The van der Waals surface area contributed by atoms with Crippen molar-refractivity contribution < 1.29 is 18.0 Å². The van der Waals surface area contributed by atoms with E-state index in [0.29, 0.717) is 5.69 Å². The first-order chi connectivity index (χ1) is 18.7. The fourth-order valence-corrected chi connectivity index (χ4v) is 5.46.